The average molecular weight is 227 g/mol. The molecule has 4 heteroatoms. The largest absolute Gasteiger partial charge is 0.361 e. The summed E-state index contributed by atoms with van der Waals surface area (Å²) < 4.78 is 0. The highest BCUT2D eigenvalue weighted by molar-refractivity contribution is 7.80. The van der Waals surface area contributed by atoms with Crippen LogP contribution in [0.3, 0.4) is 0 Å². The number of hydrogen-bond acceptors (Lipinski definition) is 1. The number of hydrogen-bond donors (Lipinski definition) is 2. The molecule has 2 N–H and O–H groups in total. The van der Waals surface area contributed by atoms with Gasteiger partial charge in [-0.3, -0.25) is 0 Å². The molecule has 1 aromatic rings. The SMILES string of the molecule is S=C1NCC(Cc2ccc(Cl)cc2)N1. The summed E-state index contributed by atoms with van der Waals surface area (Å²) in [6, 6.07) is 8.33. The maximum atomic E-state index is 5.80. The van der Waals surface area contributed by atoms with E-state index < -0.39 is 0 Å². The molecule has 0 amide bonds. The molecule has 0 spiro atoms. The average Bonchev–Trinajstić information content (AvgIpc) is 2.56. The van der Waals surface area contributed by atoms with Crippen LogP contribution in [-0.4, -0.2) is 17.7 Å². The maximum absolute atomic E-state index is 5.80. The molecule has 1 atom stereocenters. The highest BCUT2D eigenvalue weighted by atomic mass is 35.5. The van der Waals surface area contributed by atoms with Gasteiger partial charge in [-0.15, -0.1) is 0 Å². The number of thiocarbonyl (C=S) groups is 1. The van der Waals surface area contributed by atoms with Crippen LogP contribution in [0.25, 0.3) is 0 Å². The van der Waals surface area contributed by atoms with Crippen LogP contribution in [0.1, 0.15) is 5.56 Å². The normalized spacial score (nSPS) is 20.4. The molecule has 2 nitrogen and oxygen atoms in total. The second-order valence-corrected chi connectivity index (χ2v) is 4.23. The molecule has 0 saturated carbocycles. The smallest absolute Gasteiger partial charge is 0.166 e. The van der Waals surface area contributed by atoms with Gasteiger partial charge in [-0.2, -0.15) is 0 Å². The van der Waals surface area contributed by atoms with E-state index in [0.717, 1.165) is 23.1 Å². The summed E-state index contributed by atoms with van der Waals surface area (Å²) >= 11 is 10.8. The van der Waals surface area contributed by atoms with Gasteiger partial charge in [0.25, 0.3) is 0 Å². The topological polar surface area (TPSA) is 24.1 Å². The van der Waals surface area contributed by atoms with E-state index in [9.17, 15) is 0 Å². The van der Waals surface area contributed by atoms with Crippen LogP contribution in [0, 0.1) is 0 Å². The minimum atomic E-state index is 0.406. The molecular formula is C10H11ClN2S. The predicted molar refractivity (Wildman–Crippen MR) is 62.7 cm³/mol. The summed E-state index contributed by atoms with van der Waals surface area (Å²) in [7, 11) is 0. The molecular weight excluding hydrogens is 216 g/mol. The van der Waals surface area contributed by atoms with Gasteiger partial charge in [0, 0.05) is 17.6 Å². The molecule has 1 aliphatic heterocycles. The molecule has 0 bridgehead atoms. The summed E-state index contributed by atoms with van der Waals surface area (Å²) in [6.45, 7) is 0.904. The van der Waals surface area contributed by atoms with E-state index in [1.165, 1.54) is 5.56 Å². The maximum Gasteiger partial charge on any atom is 0.166 e. The van der Waals surface area contributed by atoms with E-state index in [4.69, 9.17) is 23.8 Å². The van der Waals surface area contributed by atoms with Crippen LogP contribution in [0.5, 0.6) is 0 Å². The summed E-state index contributed by atoms with van der Waals surface area (Å²) in [5, 5.41) is 7.83. The lowest BCUT2D eigenvalue weighted by atomic mass is 10.1. The minimum absolute atomic E-state index is 0.406. The van der Waals surface area contributed by atoms with Crippen molar-refractivity contribution in [1.29, 1.82) is 0 Å². The van der Waals surface area contributed by atoms with Gasteiger partial charge in [0.1, 0.15) is 0 Å². The van der Waals surface area contributed by atoms with Gasteiger partial charge in [0.15, 0.2) is 5.11 Å². The number of rotatable bonds is 2. The summed E-state index contributed by atoms with van der Waals surface area (Å²) in [5.74, 6) is 0. The minimum Gasteiger partial charge on any atom is -0.361 e. The highest BCUT2D eigenvalue weighted by Gasteiger charge is 2.16. The van der Waals surface area contributed by atoms with Gasteiger partial charge in [-0.1, -0.05) is 23.7 Å². The molecule has 1 unspecified atom stereocenters. The number of halogens is 1. The third-order valence-corrected chi connectivity index (χ3v) is 2.75. The number of benzene rings is 1. The van der Waals surface area contributed by atoms with E-state index in [-0.39, 0.29) is 0 Å². The highest BCUT2D eigenvalue weighted by Crippen LogP contribution is 2.11. The molecule has 0 radical (unpaired) electrons. The Morgan fingerprint density at radius 2 is 2.07 bits per heavy atom. The van der Waals surface area contributed by atoms with Crippen LogP contribution < -0.4 is 10.6 Å². The molecule has 0 aliphatic carbocycles. The zero-order valence-corrected chi connectivity index (χ0v) is 9.16. The van der Waals surface area contributed by atoms with Crippen LogP contribution in [0.15, 0.2) is 24.3 Å². The second-order valence-electron chi connectivity index (χ2n) is 3.38. The fraction of sp³-hybridized carbons (Fsp3) is 0.300. The Balaban J connectivity index is 1.97. The van der Waals surface area contributed by atoms with Crippen molar-refractivity contribution < 1.29 is 0 Å². The third-order valence-electron chi connectivity index (χ3n) is 2.24. The Hall–Kier alpha value is -0.800. The Morgan fingerprint density at radius 3 is 2.64 bits per heavy atom. The number of nitrogens with one attached hydrogen (secondary N) is 2. The lowest BCUT2D eigenvalue weighted by Crippen LogP contribution is -2.28. The Bertz CT molecular complexity index is 336. The van der Waals surface area contributed by atoms with E-state index in [1.54, 1.807) is 0 Å². The lowest BCUT2D eigenvalue weighted by molar-refractivity contribution is 0.653. The first-order chi connectivity index (χ1) is 6.74. The second kappa shape index (κ2) is 4.15. The van der Waals surface area contributed by atoms with Crippen molar-refractivity contribution >= 4 is 28.9 Å². The molecule has 1 fully saturated rings. The van der Waals surface area contributed by atoms with Crippen LogP contribution in [0.2, 0.25) is 5.02 Å². The van der Waals surface area contributed by atoms with Gasteiger partial charge in [-0.25, -0.2) is 0 Å². The zero-order valence-electron chi connectivity index (χ0n) is 7.59. The van der Waals surface area contributed by atoms with E-state index in [1.807, 2.05) is 24.3 Å². The summed E-state index contributed by atoms with van der Waals surface area (Å²) in [6.07, 6.45) is 0.976. The van der Waals surface area contributed by atoms with Crippen LogP contribution >= 0.6 is 23.8 Å². The zero-order chi connectivity index (χ0) is 9.97. The molecule has 1 heterocycles. The Kier molecular flexibility index (Phi) is 2.89. The summed E-state index contributed by atoms with van der Waals surface area (Å²) in [4.78, 5) is 0. The fourth-order valence-electron chi connectivity index (χ4n) is 1.53. The molecule has 2 rings (SSSR count). The van der Waals surface area contributed by atoms with E-state index in [2.05, 4.69) is 10.6 Å². The van der Waals surface area contributed by atoms with Gasteiger partial charge in [0.2, 0.25) is 0 Å². The molecule has 14 heavy (non-hydrogen) atoms. The fourth-order valence-corrected chi connectivity index (χ4v) is 1.91. The van der Waals surface area contributed by atoms with Gasteiger partial charge < -0.3 is 10.6 Å². The molecule has 1 aromatic carbocycles. The standard InChI is InChI=1S/C10H11ClN2S/c11-8-3-1-7(2-4-8)5-9-6-12-10(14)13-9/h1-4,9H,5-6H2,(H2,12,13,14). The Morgan fingerprint density at radius 1 is 1.36 bits per heavy atom. The predicted octanol–water partition coefficient (Wildman–Crippen LogP) is 1.73. The van der Waals surface area contributed by atoms with Crippen molar-refractivity contribution in [2.24, 2.45) is 0 Å². The van der Waals surface area contributed by atoms with Gasteiger partial charge in [0.05, 0.1) is 0 Å². The van der Waals surface area contributed by atoms with Crippen LogP contribution in [-0.2, 0) is 6.42 Å². The van der Waals surface area contributed by atoms with Crippen molar-refractivity contribution in [2.75, 3.05) is 6.54 Å². The third kappa shape index (κ3) is 2.36. The quantitative estimate of drug-likeness (QED) is 0.752. The molecule has 74 valence electrons. The van der Waals surface area contributed by atoms with Crippen molar-refractivity contribution in [2.45, 2.75) is 12.5 Å². The van der Waals surface area contributed by atoms with Gasteiger partial charge in [-0.05, 0) is 36.3 Å². The van der Waals surface area contributed by atoms with E-state index >= 15 is 0 Å². The van der Waals surface area contributed by atoms with Crippen molar-refractivity contribution in [3.8, 4) is 0 Å². The molecule has 1 aliphatic rings. The molecule has 0 aromatic heterocycles. The van der Waals surface area contributed by atoms with Crippen molar-refractivity contribution in [3.63, 3.8) is 0 Å². The van der Waals surface area contributed by atoms with Crippen molar-refractivity contribution in [1.82, 2.24) is 10.6 Å². The Labute approximate surface area is 93.6 Å². The van der Waals surface area contributed by atoms with E-state index in [0.29, 0.717) is 6.04 Å². The monoisotopic (exact) mass is 226 g/mol. The lowest BCUT2D eigenvalue weighted by Gasteiger charge is -2.08. The first-order valence-electron chi connectivity index (χ1n) is 4.53. The van der Waals surface area contributed by atoms with Gasteiger partial charge >= 0.3 is 0 Å². The molecule has 1 saturated heterocycles. The first-order valence-corrected chi connectivity index (χ1v) is 5.31. The van der Waals surface area contributed by atoms with Crippen LogP contribution in [0.4, 0.5) is 0 Å². The van der Waals surface area contributed by atoms with Crippen molar-refractivity contribution in [3.05, 3.63) is 34.9 Å². The first kappa shape index (κ1) is 9.74. The summed E-state index contributed by atoms with van der Waals surface area (Å²) in [5.41, 5.74) is 1.28.